The fourth-order valence-corrected chi connectivity index (χ4v) is 5.78. The molecule has 3 unspecified atom stereocenters. The summed E-state index contributed by atoms with van der Waals surface area (Å²) in [5, 5.41) is 11.5. The van der Waals surface area contributed by atoms with Crippen LogP contribution in [0, 0.1) is 11.8 Å². The summed E-state index contributed by atoms with van der Waals surface area (Å²) in [4.78, 5) is 29.4. The minimum absolute atomic E-state index is 0.0294. The van der Waals surface area contributed by atoms with Gasteiger partial charge in [-0.2, -0.15) is 0 Å². The number of amides is 1. The number of likely N-dealkylation sites (tertiary alicyclic amines) is 1. The standard InChI is InChI=1S/C18H16Cl2N2O4S2/c19-9-3-10(20)5-11(4-9)26-7-15-12-6-13(12)16(23)22(15)1-2-27-18-21-14(8-28-18)17(24)25/h3-5,8,12-13,15H,1-2,6-7H2,(H,24,25). The smallest absolute Gasteiger partial charge is 0.355 e. The number of carboxylic acid groups (broad SMARTS) is 1. The summed E-state index contributed by atoms with van der Waals surface area (Å²) in [6.45, 7) is 0.970. The average molecular weight is 459 g/mol. The van der Waals surface area contributed by atoms with Crippen molar-refractivity contribution in [2.24, 2.45) is 11.8 Å². The Labute approximate surface area is 179 Å². The molecule has 1 aromatic heterocycles. The van der Waals surface area contributed by atoms with Crippen LogP contribution in [0.1, 0.15) is 16.9 Å². The number of aromatic carboxylic acids is 1. The van der Waals surface area contributed by atoms with Gasteiger partial charge in [0.15, 0.2) is 10.0 Å². The van der Waals surface area contributed by atoms with E-state index in [1.807, 2.05) is 4.90 Å². The van der Waals surface area contributed by atoms with Crippen molar-refractivity contribution in [2.45, 2.75) is 16.8 Å². The van der Waals surface area contributed by atoms with Crippen LogP contribution >= 0.6 is 46.3 Å². The quantitative estimate of drug-likeness (QED) is 0.597. The highest BCUT2D eigenvalue weighted by atomic mass is 35.5. The van der Waals surface area contributed by atoms with E-state index in [2.05, 4.69) is 4.98 Å². The number of fused-ring (bicyclic) bond motifs is 1. The van der Waals surface area contributed by atoms with Crippen molar-refractivity contribution in [1.29, 1.82) is 0 Å². The highest BCUT2D eigenvalue weighted by Crippen LogP contribution is 2.50. The molecule has 2 heterocycles. The van der Waals surface area contributed by atoms with Gasteiger partial charge in [0.05, 0.1) is 6.04 Å². The number of piperidine rings is 1. The van der Waals surface area contributed by atoms with Crippen molar-refractivity contribution in [3.8, 4) is 5.75 Å². The van der Waals surface area contributed by atoms with Crippen LogP contribution in [-0.4, -0.2) is 51.8 Å². The first-order valence-electron chi connectivity index (χ1n) is 8.63. The molecule has 2 aliphatic rings. The highest BCUT2D eigenvalue weighted by Gasteiger charge is 2.58. The maximum atomic E-state index is 12.5. The summed E-state index contributed by atoms with van der Waals surface area (Å²) in [6, 6.07) is 5.08. The number of carbonyl (C=O) groups excluding carboxylic acids is 1. The number of thiazole rings is 1. The second kappa shape index (κ2) is 8.10. The number of halogens is 2. The molecule has 28 heavy (non-hydrogen) atoms. The molecular formula is C18H16Cl2N2O4S2. The Kier molecular flexibility index (Phi) is 5.73. The van der Waals surface area contributed by atoms with E-state index in [0.29, 0.717) is 45.0 Å². The SMILES string of the molecule is O=C(O)c1csc(SCCN2C(=O)C3CC3C2COc2cc(Cl)cc(Cl)c2)n1. The lowest BCUT2D eigenvalue weighted by molar-refractivity contribution is -0.131. The Morgan fingerprint density at radius 1 is 1.36 bits per heavy atom. The lowest BCUT2D eigenvalue weighted by Crippen LogP contribution is -2.41. The molecule has 10 heteroatoms. The van der Waals surface area contributed by atoms with Gasteiger partial charge in [-0.25, -0.2) is 9.78 Å². The fraction of sp³-hybridized carbons (Fsp3) is 0.389. The van der Waals surface area contributed by atoms with Crippen molar-refractivity contribution >= 4 is 58.2 Å². The molecule has 1 saturated heterocycles. The number of aromatic nitrogens is 1. The van der Waals surface area contributed by atoms with Gasteiger partial charge in [0.2, 0.25) is 5.91 Å². The lowest BCUT2D eigenvalue weighted by atomic mass is 10.2. The molecule has 3 atom stereocenters. The zero-order chi connectivity index (χ0) is 19.8. The monoisotopic (exact) mass is 458 g/mol. The molecule has 2 fully saturated rings. The molecule has 0 radical (unpaired) electrons. The van der Waals surface area contributed by atoms with Crippen LogP contribution in [0.2, 0.25) is 10.0 Å². The number of carbonyl (C=O) groups is 2. The summed E-state index contributed by atoms with van der Waals surface area (Å²) in [5.74, 6) is 0.833. The fourth-order valence-electron chi connectivity index (χ4n) is 3.47. The van der Waals surface area contributed by atoms with Crippen LogP contribution in [0.3, 0.4) is 0 Å². The first kappa shape index (κ1) is 19.8. The molecule has 1 saturated carbocycles. The second-order valence-corrected chi connectivity index (χ2v) is 9.75. The predicted molar refractivity (Wildman–Crippen MR) is 109 cm³/mol. The van der Waals surface area contributed by atoms with Crippen LogP contribution in [0.15, 0.2) is 27.9 Å². The zero-order valence-electron chi connectivity index (χ0n) is 14.5. The van der Waals surface area contributed by atoms with Crippen molar-refractivity contribution < 1.29 is 19.4 Å². The number of nitrogens with zero attached hydrogens (tertiary/aromatic N) is 2. The van der Waals surface area contributed by atoms with Crippen LogP contribution in [0.4, 0.5) is 0 Å². The first-order valence-corrected chi connectivity index (χ1v) is 11.3. The van der Waals surface area contributed by atoms with Crippen LogP contribution < -0.4 is 4.74 Å². The molecule has 1 aromatic carbocycles. The molecule has 1 amide bonds. The van der Waals surface area contributed by atoms with Gasteiger partial charge in [0.1, 0.15) is 12.4 Å². The Morgan fingerprint density at radius 2 is 2.11 bits per heavy atom. The number of hydrogen-bond donors (Lipinski definition) is 1. The molecular weight excluding hydrogens is 443 g/mol. The minimum atomic E-state index is -1.03. The third-order valence-electron chi connectivity index (χ3n) is 4.85. The number of rotatable bonds is 8. The van der Waals surface area contributed by atoms with E-state index in [0.717, 1.165) is 6.42 Å². The van der Waals surface area contributed by atoms with E-state index >= 15 is 0 Å². The Balaban J connectivity index is 1.34. The van der Waals surface area contributed by atoms with E-state index in [1.54, 1.807) is 18.2 Å². The summed E-state index contributed by atoms with van der Waals surface area (Å²) < 4.78 is 6.57. The predicted octanol–water partition coefficient (Wildman–Crippen LogP) is 4.17. The van der Waals surface area contributed by atoms with E-state index in [-0.39, 0.29) is 23.6 Å². The van der Waals surface area contributed by atoms with Crippen LogP contribution in [-0.2, 0) is 4.79 Å². The highest BCUT2D eigenvalue weighted by molar-refractivity contribution is 8.01. The number of carboxylic acids is 1. The normalized spacial score (nSPS) is 23.0. The molecule has 0 bridgehead atoms. The van der Waals surface area contributed by atoms with Crippen molar-refractivity contribution in [1.82, 2.24) is 9.88 Å². The first-order chi connectivity index (χ1) is 13.4. The Morgan fingerprint density at radius 3 is 2.79 bits per heavy atom. The molecule has 1 N–H and O–H groups in total. The van der Waals surface area contributed by atoms with Crippen LogP contribution in [0.25, 0.3) is 0 Å². The topological polar surface area (TPSA) is 79.7 Å². The number of thioether (sulfide) groups is 1. The van der Waals surface area contributed by atoms with E-state index in [4.69, 9.17) is 33.0 Å². The molecule has 2 aromatic rings. The van der Waals surface area contributed by atoms with Crippen molar-refractivity contribution in [2.75, 3.05) is 18.9 Å². The maximum absolute atomic E-state index is 12.5. The van der Waals surface area contributed by atoms with Crippen molar-refractivity contribution in [3.05, 3.63) is 39.3 Å². The largest absolute Gasteiger partial charge is 0.491 e. The zero-order valence-corrected chi connectivity index (χ0v) is 17.7. The van der Waals surface area contributed by atoms with Gasteiger partial charge < -0.3 is 14.7 Å². The number of benzene rings is 1. The maximum Gasteiger partial charge on any atom is 0.355 e. The Hall–Kier alpha value is -1.48. The number of ether oxygens (including phenoxy) is 1. The average Bonchev–Trinajstić information content (AvgIpc) is 3.19. The molecule has 1 aliphatic carbocycles. The van der Waals surface area contributed by atoms with E-state index < -0.39 is 5.97 Å². The third-order valence-corrected chi connectivity index (χ3v) is 7.29. The van der Waals surface area contributed by atoms with Gasteiger partial charge in [0, 0.05) is 33.6 Å². The lowest BCUT2D eigenvalue weighted by Gasteiger charge is -2.27. The van der Waals surface area contributed by atoms with Gasteiger partial charge in [-0.3, -0.25) is 4.79 Å². The number of hydrogen-bond acceptors (Lipinski definition) is 6. The Bertz CT molecular complexity index is 902. The van der Waals surface area contributed by atoms with E-state index in [1.165, 1.54) is 28.5 Å². The van der Waals surface area contributed by atoms with Gasteiger partial charge in [-0.05, 0) is 30.5 Å². The second-order valence-electron chi connectivity index (χ2n) is 6.67. The summed E-state index contributed by atoms with van der Waals surface area (Å²) in [6.07, 6.45) is 0.918. The molecule has 148 valence electrons. The molecule has 6 nitrogen and oxygen atoms in total. The van der Waals surface area contributed by atoms with E-state index in [9.17, 15) is 9.59 Å². The summed E-state index contributed by atoms with van der Waals surface area (Å²) >= 11 is 14.8. The molecule has 1 aliphatic heterocycles. The molecule has 4 rings (SSSR count). The van der Waals surface area contributed by atoms with Crippen molar-refractivity contribution in [3.63, 3.8) is 0 Å². The van der Waals surface area contributed by atoms with Gasteiger partial charge in [0.25, 0.3) is 0 Å². The van der Waals surface area contributed by atoms with Crippen LogP contribution in [0.5, 0.6) is 5.75 Å². The molecule has 0 spiro atoms. The third kappa shape index (κ3) is 4.25. The summed E-state index contributed by atoms with van der Waals surface area (Å²) in [7, 11) is 0. The van der Waals surface area contributed by atoms with Gasteiger partial charge in [-0.15, -0.1) is 11.3 Å². The van der Waals surface area contributed by atoms with Gasteiger partial charge >= 0.3 is 5.97 Å². The van der Waals surface area contributed by atoms with Gasteiger partial charge in [-0.1, -0.05) is 35.0 Å². The summed E-state index contributed by atoms with van der Waals surface area (Å²) in [5.41, 5.74) is 0.0532. The minimum Gasteiger partial charge on any atom is -0.491 e.